The lowest BCUT2D eigenvalue weighted by Crippen LogP contribution is -2.31. The Morgan fingerprint density at radius 2 is 2.07 bits per heavy atom. The summed E-state index contributed by atoms with van der Waals surface area (Å²) >= 11 is 6.05. The summed E-state index contributed by atoms with van der Waals surface area (Å²) in [5.41, 5.74) is 3.57. The van der Waals surface area contributed by atoms with Crippen LogP contribution in [0.3, 0.4) is 0 Å². The minimum atomic E-state index is -0.196. The van der Waals surface area contributed by atoms with Gasteiger partial charge in [0.2, 0.25) is 11.7 Å². The van der Waals surface area contributed by atoms with Crippen LogP contribution >= 0.6 is 11.6 Å². The molecular formula is C21H20ClN3O2. The summed E-state index contributed by atoms with van der Waals surface area (Å²) < 4.78 is 5.52. The molecule has 138 valence electrons. The minimum Gasteiger partial charge on any atom is -0.337 e. The molecule has 5 nitrogen and oxygen atoms in total. The maximum Gasteiger partial charge on any atom is 0.254 e. The normalized spacial score (nSPS) is 16.7. The number of carbonyl (C=O) groups is 1. The van der Waals surface area contributed by atoms with Crippen molar-refractivity contribution in [3.63, 3.8) is 0 Å². The van der Waals surface area contributed by atoms with Crippen molar-refractivity contribution in [2.45, 2.75) is 32.7 Å². The first-order valence-corrected chi connectivity index (χ1v) is 9.38. The van der Waals surface area contributed by atoms with Gasteiger partial charge in [-0.1, -0.05) is 46.6 Å². The second-order valence-electron chi connectivity index (χ2n) is 6.94. The van der Waals surface area contributed by atoms with E-state index in [0.717, 1.165) is 35.1 Å². The van der Waals surface area contributed by atoms with Crippen molar-refractivity contribution in [2.75, 3.05) is 6.54 Å². The SMILES string of the molecule is Cc1ccc(C)c(C(=O)N2CCCC2c2nc(-c3cccc(Cl)c3)no2)c1. The summed E-state index contributed by atoms with van der Waals surface area (Å²) in [4.78, 5) is 19.5. The number of aromatic nitrogens is 2. The van der Waals surface area contributed by atoms with Gasteiger partial charge in [0.1, 0.15) is 6.04 Å². The standard InChI is InChI=1S/C21H20ClN3O2/c1-13-8-9-14(2)17(11-13)21(26)25-10-4-7-18(25)20-23-19(24-27-20)15-5-3-6-16(22)12-15/h3,5-6,8-9,11-12,18H,4,7,10H2,1-2H3. The molecule has 0 bridgehead atoms. The minimum absolute atomic E-state index is 0.0150. The van der Waals surface area contributed by atoms with Crippen LogP contribution in [0.15, 0.2) is 47.0 Å². The van der Waals surface area contributed by atoms with Crippen LogP contribution in [-0.2, 0) is 0 Å². The molecule has 0 radical (unpaired) electrons. The van der Waals surface area contributed by atoms with E-state index in [1.807, 2.05) is 49.1 Å². The number of benzene rings is 2. The van der Waals surface area contributed by atoms with Gasteiger partial charge in [-0.3, -0.25) is 4.79 Å². The zero-order valence-electron chi connectivity index (χ0n) is 15.3. The van der Waals surface area contributed by atoms with Crippen molar-refractivity contribution in [3.8, 4) is 11.4 Å². The van der Waals surface area contributed by atoms with Gasteiger partial charge in [-0.2, -0.15) is 4.98 Å². The average molecular weight is 382 g/mol. The van der Waals surface area contributed by atoms with E-state index in [9.17, 15) is 4.79 Å². The van der Waals surface area contributed by atoms with Gasteiger partial charge >= 0.3 is 0 Å². The number of halogens is 1. The van der Waals surface area contributed by atoms with Crippen molar-refractivity contribution in [3.05, 3.63) is 70.1 Å². The molecule has 1 atom stereocenters. The molecule has 0 aliphatic carbocycles. The lowest BCUT2D eigenvalue weighted by Gasteiger charge is -2.23. The van der Waals surface area contributed by atoms with E-state index in [0.29, 0.717) is 23.3 Å². The smallest absolute Gasteiger partial charge is 0.254 e. The van der Waals surface area contributed by atoms with E-state index < -0.39 is 0 Å². The molecule has 6 heteroatoms. The molecule has 1 amide bonds. The van der Waals surface area contributed by atoms with Gasteiger partial charge in [-0.25, -0.2) is 0 Å². The predicted octanol–water partition coefficient (Wildman–Crippen LogP) is 4.98. The number of likely N-dealkylation sites (tertiary alicyclic amines) is 1. The van der Waals surface area contributed by atoms with Crippen LogP contribution in [0.25, 0.3) is 11.4 Å². The molecule has 1 aliphatic heterocycles. The topological polar surface area (TPSA) is 59.2 Å². The Hall–Kier alpha value is -2.66. The van der Waals surface area contributed by atoms with Crippen molar-refractivity contribution in [2.24, 2.45) is 0 Å². The molecule has 3 aromatic rings. The fraction of sp³-hybridized carbons (Fsp3) is 0.286. The molecule has 1 saturated heterocycles. The second-order valence-corrected chi connectivity index (χ2v) is 7.38. The highest BCUT2D eigenvalue weighted by atomic mass is 35.5. The fourth-order valence-corrected chi connectivity index (χ4v) is 3.69. The van der Waals surface area contributed by atoms with E-state index in [1.165, 1.54) is 0 Å². The Labute approximate surface area is 163 Å². The Kier molecular flexibility index (Phi) is 4.70. The molecular weight excluding hydrogens is 362 g/mol. The first kappa shape index (κ1) is 17.7. The van der Waals surface area contributed by atoms with E-state index in [-0.39, 0.29) is 11.9 Å². The Balaban J connectivity index is 1.62. The van der Waals surface area contributed by atoms with Crippen molar-refractivity contribution in [1.82, 2.24) is 15.0 Å². The third-order valence-corrected chi connectivity index (χ3v) is 5.18. The monoisotopic (exact) mass is 381 g/mol. The maximum atomic E-state index is 13.1. The Bertz CT molecular complexity index is 999. The molecule has 1 aliphatic rings. The molecule has 2 heterocycles. The lowest BCUT2D eigenvalue weighted by molar-refractivity contribution is 0.0709. The molecule has 4 rings (SSSR count). The van der Waals surface area contributed by atoms with Gasteiger partial charge in [0.25, 0.3) is 5.91 Å². The van der Waals surface area contributed by atoms with Gasteiger partial charge in [0, 0.05) is 22.7 Å². The van der Waals surface area contributed by atoms with Crippen LogP contribution in [0.4, 0.5) is 0 Å². The van der Waals surface area contributed by atoms with Gasteiger partial charge < -0.3 is 9.42 Å². The molecule has 0 N–H and O–H groups in total. The molecule has 0 spiro atoms. The van der Waals surface area contributed by atoms with E-state index in [2.05, 4.69) is 10.1 Å². The third-order valence-electron chi connectivity index (χ3n) is 4.95. The van der Waals surface area contributed by atoms with Crippen molar-refractivity contribution in [1.29, 1.82) is 0 Å². The first-order valence-electron chi connectivity index (χ1n) is 9.00. The summed E-state index contributed by atoms with van der Waals surface area (Å²) in [7, 11) is 0. The van der Waals surface area contributed by atoms with Crippen LogP contribution in [0.5, 0.6) is 0 Å². The number of hydrogen-bond donors (Lipinski definition) is 0. The number of carbonyl (C=O) groups excluding carboxylic acids is 1. The molecule has 1 aromatic heterocycles. The summed E-state index contributed by atoms with van der Waals surface area (Å²) in [5, 5.41) is 4.70. The Morgan fingerprint density at radius 3 is 2.89 bits per heavy atom. The molecule has 1 unspecified atom stereocenters. The summed E-state index contributed by atoms with van der Waals surface area (Å²) in [5.74, 6) is 0.973. The second kappa shape index (κ2) is 7.16. The van der Waals surface area contributed by atoms with Crippen molar-refractivity contribution >= 4 is 17.5 Å². The van der Waals surface area contributed by atoms with Crippen LogP contribution in [0.1, 0.15) is 46.3 Å². The molecule has 1 fully saturated rings. The highest BCUT2D eigenvalue weighted by Crippen LogP contribution is 2.34. The summed E-state index contributed by atoms with van der Waals surface area (Å²) in [6.07, 6.45) is 1.73. The number of amides is 1. The zero-order valence-corrected chi connectivity index (χ0v) is 16.0. The maximum absolute atomic E-state index is 13.1. The summed E-state index contributed by atoms with van der Waals surface area (Å²) in [6.45, 7) is 4.64. The number of nitrogens with zero attached hydrogens (tertiary/aromatic N) is 3. The van der Waals surface area contributed by atoms with E-state index >= 15 is 0 Å². The van der Waals surface area contributed by atoms with E-state index in [1.54, 1.807) is 12.1 Å². The number of rotatable bonds is 3. The molecule has 27 heavy (non-hydrogen) atoms. The number of hydrogen-bond acceptors (Lipinski definition) is 4. The quantitative estimate of drug-likeness (QED) is 0.641. The largest absolute Gasteiger partial charge is 0.337 e. The van der Waals surface area contributed by atoms with Crippen LogP contribution in [0, 0.1) is 13.8 Å². The van der Waals surface area contributed by atoms with Gasteiger partial charge in [0.05, 0.1) is 0 Å². The Morgan fingerprint density at radius 1 is 1.22 bits per heavy atom. The number of aryl methyl sites for hydroxylation is 2. The predicted molar refractivity (Wildman–Crippen MR) is 104 cm³/mol. The highest BCUT2D eigenvalue weighted by molar-refractivity contribution is 6.30. The van der Waals surface area contributed by atoms with Gasteiger partial charge in [0.15, 0.2) is 0 Å². The van der Waals surface area contributed by atoms with Crippen LogP contribution in [0.2, 0.25) is 5.02 Å². The van der Waals surface area contributed by atoms with Crippen LogP contribution in [-0.4, -0.2) is 27.5 Å². The zero-order chi connectivity index (χ0) is 19.0. The molecule has 0 saturated carbocycles. The first-order chi connectivity index (χ1) is 13.0. The van der Waals surface area contributed by atoms with Gasteiger partial charge in [-0.05, 0) is 50.5 Å². The van der Waals surface area contributed by atoms with Crippen LogP contribution < -0.4 is 0 Å². The third kappa shape index (κ3) is 3.47. The highest BCUT2D eigenvalue weighted by Gasteiger charge is 2.35. The van der Waals surface area contributed by atoms with Crippen molar-refractivity contribution < 1.29 is 9.32 Å². The fourth-order valence-electron chi connectivity index (χ4n) is 3.50. The average Bonchev–Trinajstić information content (AvgIpc) is 3.32. The van der Waals surface area contributed by atoms with Gasteiger partial charge in [-0.15, -0.1) is 0 Å². The van der Waals surface area contributed by atoms with E-state index in [4.69, 9.17) is 16.1 Å². The summed E-state index contributed by atoms with van der Waals surface area (Å²) in [6, 6.07) is 13.1. The lowest BCUT2D eigenvalue weighted by atomic mass is 10.0. The molecule has 2 aromatic carbocycles.